The molecule has 3 nitrogen and oxygen atoms in total. The summed E-state index contributed by atoms with van der Waals surface area (Å²) < 4.78 is 10.2. The lowest BCUT2D eigenvalue weighted by Gasteiger charge is -2.01. The molecule has 0 aromatic rings. The highest BCUT2D eigenvalue weighted by atomic mass is 16.5. The molecule has 0 unspecified atom stereocenters. The maximum absolute atomic E-state index is 5.17. The van der Waals surface area contributed by atoms with Crippen molar-refractivity contribution in [2.45, 2.75) is 6.92 Å². The molecule has 0 radical (unpaired) electrons. The lowest BCUT2D eigenvalue weighted by molar-refractivity contribution is 0.0638. The predicted octanol–water partition coefficient (Wildman–Crippen LogP) is 0.743. The molecule has 3 heteroatoms. The van der Waals surface area contributed by atoms with Gasteiger partial charge in [0.25, 0.3) is 0 Å². The van der Waals surface area contributed by atoms with E-state index in [1.807, 2.05) is 6.92 Å². The molecule has 0 bridgehead atoms. The number of terminal acetylenes is 1. The van der Waals surface area contributed by atoms with E-state index in [0.717, 1.165) is 0 Å². The van der Waals surface area contributed by atoms with Crippen LogP contribution < -0.4 is 0 Å². The second kappa shape index (κ2) is 10.2. The lowest BCUT2D eigenvalue weighted by Crippen LogP contribution is -2.06. The molecule has 0 spiro atoms. The van der Waals surface area contributed by atoms with Crippen molar-refractivity contribution in [1.29, 1.82) is 0 Å². The van der Waals surface area contributed by atoms with Gasteiger partial charge in [-0.25, -0.2) is 0 Å². The van der Waals surface area contributed by atoms with Crippen LogP contribution in [-0.4, -0.2) is 39.2 Å². The van der Waals surface area contributed by atoms with Gasteiger partial charge in [0, 0.05) is 0 Å². The van der Waals surface area contributed by atoms with Crippen molar-refractivity contribution in [3.8, 4) is 12.3 Å². The van der Waals surface area contributed by atoms with Crippen LogP contribution in [0.3, 0.4) is 0 Å². The molecular weight excluding hydrogens is 154 g/mol. The molecule has 0 saturated carbocycles. The molecule has 0 amide bonds. The largest absolute Gasteiger partial charge is 0.377 e. The molecule has 0 fully saturated rings. The van der Waals surface area contributed by atoms with Crippen molar-refractivity contribution in [2.75, 3.05) is 33.0 Å². The highest BCUT2D eigenvalue weighted by Gasteiger charge is 1.86. The summed E-state index contributed by atoms with van der Waals surface area (Å²) in [5, 5.41) is 0. The second-order valence-corrected chi connectivity index (χ2v) is 2.03. The van der Waals surface area contributed by atoms with E-state index in [1.165, 1.54) is 0 Å². The zero-order valence-electron chi connectivity index (χ0n) is 7.45. The Bertz CT molecular complexity index is 149. The van der Waals surface area contributed by atoms with Gasteiger partial charge in [-0.05, 0) is 13.1 Å². The Morgan fingerprint density at radius 3 is 2.75 bits per heavy atom. The van der Waals surface area contributed by atoms with Gasteiger partial charge in [-0.1, -0.05) is 5.92 Å². The minimum atomic E-state index is 0.358. The maximum Gasteiger partial charge on any atom is 0.107 e. The van der Waals surface area contributed by atoms with E-state index in [0.29, 0.717) is 33.0 Å². The van der Waals surface area contributed by atoms with Gasteiger partial charge >= 0.3 is 0 Å². The molecule has 0 aliphatic rings. The van der Waals surface area contributed by atoms with Crippen LogP contribution in [0.1, 0.15) is 6.92 Å². The molecule has 0 aliphatic heterocycles. The van der Waals surface area contributed by atoms with E-state index in [9.17, 15) is 0 Å². The van der Waals surface area contributed by atoms with E-state index in [4.69, 9.17) is 15.9 Å². The van der Waals surface area contributed by atoms with Crippen molar-refractivity contribution in [3.05, 3.63) is 0 Å². The minimum Gasteiger partial charge on any atom is -0.377 e. The van der Waals surface area contributed by atoms with Crippen LogP contribution >= 0.6 is 0 Å². The third-order valence-electron chi connectivity index (χ3n) is 1.10. The molecule has 12 heavy (non-hydrogen) atoms. The summed E-state index contributed by atoms with van der Waals surface area (Å²) in [5.41, 5.74) is 0. The van der Waals surface area contributed by atoms with Gasteiger partial charge in [0.15, 0.2) is 0 Å². The fourth-order valence-electron chi connectivity index (χ4n) is 0.597. The average molecular weight is 169 g/mol. The number of hydrogen-bond acceptors (Lipinski definition) is 3. The first kappa shape index (κ1) is 11.2. The van der Waals surface area contributed by atoms with E-state index in [2.05, 4.69) is 10.9 Å². The fourth-order valence-corrected chi connectivity index (χ4v) is 0.597. The molecule has 0 heterocycles. The monoisotopic (exact) mass is 169 g/mol. The number of rotatable bonds is 7. The standard InChI is InChI=1S/C9H15NO2/c1-3-6-11-8-9-12-7-5-10-4-2/h1,4H,5-9H2,2H3. The van der Waals surface area contributed by atoms with E-state index >= 15 is 0 Å². The fraction of sp³-hybridized carbons (Fsp3) is 0.667. The van der Waals surface area contributed by atoms with Gasteiger partial charge in [-0.2, -0.15) is 0 Å². The average Bonchev–Trinajstić information content (AvgIpc) is 2.10. The van der Waals surface area contributed by atoms with Gasteiger partial charge < -0.3 is 9.47 Å². The zero-order chi connectivity index (χ0) is 9.07. The van der Waals surface area contributed by atoms with E-state index in [1.54, 1.807) is 6.21 Å². The topological polar surface area (TPSA) is 30.8 Å². The molecule has 0 aliphatic carbocycles. The first-order valence-corrected chi connectivity index (χ1v) is 3.95. The zero-order valence-corrected chi connectivity index (χ0v) is 7.45. The third-order valence-corrected chi connectivity index (χ3v) is 1.10. The van der Waals surface area contributed by atoms with Gasteiger partial charge in [0.1, 0.15) is 6.61 Å². The van der Waals surface area contributed by atoms with Crippen LogP contribution in [0.4, 0.5) is 0 Å². The van der Waals surface area contributed by atoms with Crippen LogP contribution in [0.15, 0.2) is 4.99 Å². The van der Waals surface area contributed by atoms with Crippen LogP contribution in [0.25, 0.3) is 0 Å². The van der Waals surface area contributed by atoms with Crippen molar-refractivity contribution in [2.24, 2.45) is 4.99 Å². The minimum absolute atomic E-state index is 0.358. The number of hydrogen-bond donors (Lipinski definition) is 0. The number of ether oxygens (including phenoxy) is 2. The van der Waals surface area contributed by atoms with Gasteiger partial charge in [0.05, 0.1) is 26.4 Å². The summed E-state index contributed by atoms with van der Waals surface area (Å²) in [6, 6.07) is 0. The summed E-state index contributed by atoms with van der Waals surface area (Å²) in [7, 11) is 0. The smallest absolute Gasteiger partial charge is 0.107 e. The number of nitrogens with zero attached hydrogens (tertiary/aromatic N) is 1. The molecule has 0 atom stereocenters. The van der Waals surface area contributed by atoms with Crippen LogP contribution in [0.5, 0.6) is 0 Å². The Morgan fingerprint density at radius 2 is 2.08 bits per heavy atom. The molecule has 0 aromatic carbocycles. The predicted molar refractivity (Wildman–Crippen MR) is 49.5 cm³/mol. The summed E-state index contributed by atoms with van der Waals surface area (Å²) in [5.74, 6) is 2.38. The van der Waals surface area contributed by atoms with Gasteiger partial charge in [-0.15, -0.1) is 6.42 Å². The van der Waals surface area contributed by atoms with E-state index < -0.39 is 0 Å². The summed E-state index contributed by atoms with van der Waals surface area (Å²) >= 11 is 0. The van der Waals surface area contributed by atoms with Crippen LogP contribution in [0, 0.1) is 12.3 Å². The molecule has 0 saturated heterocycles. The molecular formula is C9H15NO2. The van der Waals surface area contributed by atoms with Gasteiger partial charge in [-0.3, -0.25) is 4.99 Å². The Hall–Kier alpha value is -0.850. The Kier molecular flexibility index (Phi) is 9.43. The van der Waals surface area contributed by atoms with Crippen LogP contribution in [0.2, 0.25) is 0 Å². The quantitative estimate of drug-likeness (QED) is 0.320. The highest BCUT2D eigenvalue weighted by Crippen LogP contribution is 1.78. The van der Waals surface area contributed by atoms with Gasteiger partial charge in [0.2, 0.25) is 0 Å². The third kappa shape index (κ3) is 9.15. The maximum atomic E-state index is 5.17. The Morgan fingerprint density at radius 1 is 1.33 bits per heavy atom. The first-order chi connectivity index (χ1) is 5.91. The second-order valence-electron chi connectivity index (χ2n) is 2.03. The van der Waals surface area contributed by atoms with Crippen molar-refractivity contribution < 1.29 is 9.47 Å². The summed E-state index contributed by atoms with van der Waals surface area (Å²) in [6.45, 7) is 4.74. The normalized spacial score (nSPS) is 10.3. The SMILES string of the molecule is C#CCOCCOCCN=CC. The molecule has 0 rings (SSSR count). The lowest BCUT2D eigenvalue weighted by atomic mass is 10.6. The molecule has 0 N–H and O–H groups in total. The summed E-state index contributed by atoms with van der Waals surface area (Å²) in [4.78, 5) is 3.98. The Balaban J connectivity index is 2.87. The van der Waals surface area contributed by atoms with Crippen LogP contribution in [-0.2, 0) is 9.47 Å². The van der Waals surface area contributed by atoms with E-state index in [-0.39, 0.29) is 0 Å². The van der Waals surface area contributed by atoms with Crippen molar-refractivity contribution in [3.63, 3.8) is 0 Å². The summed E-state index contributed by atoms with van der Waals surface area (Å²) in [6.07, 6.45) is 6.74. The number of aliphatic imine (C=N–C) groups is 1. The Labute approximate surface area is 73.8 Å². The van der Waals surface area contributed by atoms with Crippen molar-refractivity contribution >= 4 is 6.21 Å². The highest BCUT2D eigenvalue weighted by molar-refractivity contribution is 5.53. The molecule has 68 valence electrons. The molecule has 0 aromatic heterocycles. The van der Waals surface area contributed by atoms with Crippen molar-refractivity contribution in [1.82, 2.24) is 0 Å². The first-order valence-electron chi connectivity index (χ1n) is 3.95.